The van der Waals surface area contributed by atoms with E-state index in [9.17, 15) is 0 Å². The molecule has 0 radical (unpaired) electrons. The topological polar surface area (TPSA) is 12.9 Å². The van der Waals surface area contributed by atoms with Gasteiger partial charge in [-0.2, -0.15) is 0 Å². The van der Waals surface area contributed by atoms with Crippen molar-refractivity contribution < 1.29 is 0 Å². The van der Waals surface area contributed by atoms with Gasteiger partial charge in [0.05, 0.1) is 0 Å². The summed E-state index contributed by atoms with van der Waals surface area (Å²) in [7, 11) is 0. The molecule has 2 aliphatic carbocycles. The van der Waals surface area contributed by atoms with Crippen LogP contribution in [0, 0.1) is 0 Å². The van der Waals surface area contributed by atoms with Crippen LogP contribution in [0.3, 0.4) is 0 Å². The lowest BCUT2D eigenvalue weighted by Gasteiger charge is -1.91. The number of hydrogen-bond donors (Lipinski definition) is 0. The highest BCUT2D eigenvalue weighted by Crippen LogP contribution is 2.06. The first-order valence-corrected chi connectivity index (χ1v) is 7.04. The van der Waals surface area contributed by atoms with Gasteiger partial charge in [-0.25, -0.2) is 4.98 Å². The predicted octanol–water partition coefficient (Wildman–Crippen LogP) is 5.48. The van der Waals surface area contributed by atoms with Crippen LogP contribution in [-0.2, 0) is 5.88 Å². The third-order valence-corrected chi connectivity index (χ3v) is 2.79. The molecular weight excluding hydrogens is 277 g/mol. The summed E-state index contributed by atoms with van der Waals surface area (Å²) < 4.78 is 0. The van der Waals surface area contributed by atoms with E-state index in [1.807, 2.05) is 6.07 Å². The van der Waals surface area contributed by atoms with Crippen LogP contribution >= 0.6 is 23.2 Å². The molecular formula is C16H17Cl2N. The number of allylic oxidation sites excluding steroid dienone is 8. The molecule has 1 aromatic heterocycles. The fourth-order valence-corrected chi connectivity index (χ4v) is 1.54. The molecule has 0 fully saturated rings. The standard InChI is InChI=1S/C6H5Cl2N.2C5H6/c7-3-5-1-2-6(8)9-4-5;2*1-2-4-5-3-1/h1-2,4H,3H2;2*1-4H,5H2. The van der Waals surface area contributed by atoms with Gasteiger partial charge >= 0.3 is 0 Å². The summed E-state index contributed by atoms with van der Waals surface area (Å²) in [5.41, 5.74) is 0.987. The normalized spacial score (nSPS) is 13.8. The lowest BCUT2D eigenvalue weighted by Crippen LogP contribution is -1.78. The zero-order valence-electron chi connectivity index (χ0n) is 10.7. The van der Waals surface area contributed by atoms with E-state index in [4.69, 9.17) is 23.2 Å². The highest BCUT2D eigenvalue weighted by molar-refractivity contribution is 6.29. The highest BCUT2D eigenvalue weighted by atomic mass is 35.5. The van der Waals surface area contributed by atoms with Gasteiger partial charge in [0, 0.05) is 12.1 Å². The summed E-state index contributed by atoms with van der Waals surface area (Å²) in [6.07, 6.45) is 20.7. The van der Waals surface area contributed by atoms with Crippen molar-refractivity contribution in [2.24, 2.45) is 0 Å². The van der Waals surface area contributed by atoms with Crippen LogP contribution in [0.4, 0.5) is 0 Å². The van der Waals surface area contributed by atoms with E-state index >= 15 is 0 Å². The SMILES string of the molecule is C1=CCC=C1.C1=CCC=C1.ClCc1ccc(Cl)nc1. The Balaban J connectivity index is 0.000000153. The highest BCUT2D eigenvalue weighted by Gasteiger charge is 1.88. The average molecular weight is 294 g/mol. The van der Waals surface area contributed by atoms with Gasteiger partial charge in [-0.3, -0.25) is 0 Å². The number of pyridine rings is 1. The lowest BCUT2D eigenvalue weighted by atomic mass is 10.3. The Morgan fingerprint density at radius 1 is 0.895 bits per heavy atom. The first kappa shape index (κ1) is 15.7. The molecule has 2 aliphatic rings. The van der Waals surface area contributed by atoms with Gasteiger partial charge in [-0.05, 0) is 24.5 Å². The molecule has 0 spiro atoms. The van der Waals surface area contributed by atoms with Crippen molar-refractivity contribution >= 4 is 23.2 Å². The number of nitrogens with zero attached hydrogens (tertiary/aromatic N) is 1. The van der Waals surface area contributed by atoms with E-state index in [2.05, 4.69) is 53.6 Å². The average Bonchev–Trinajstić information content (AvgIpc) is 3.18. The van der Waals surface area contributed by atoms with Gasteiger partial charge in [0.2, 0.25) is 0 Å². The number of rotatable bonds is 1. The third kappa shape index (κ3) is 8.41. The fourth-order valence-electron chi connectivity index (χ4n) is 1.27. The van der Waals surface area contributed by atoms with Crippen molar-refractivity contribution in [1.29, 1.82) is 0 Å². The zero-order chi connectivity index (χ0) is 13.8. The largest absolute Gasteiger partial charge is 0.244 e. The first-order valence-electron chi connectivity index (χ1n) is 6.12. The molecule has 0 amide bonds. The maximum absolute atomic E-state index is 5.51. The summed E-state index contributed by atoms with van der Waals surface area (Å²) in [5, 5.41) is 0.504. The molecule has 1 heterocycles. The minimum atomic E-state index is 0.490. The van der Waals surface area contributed by atoms with E-state index in [1.54, 1.807) is 12.3 Å². The second kappa shape index (κ2) is 10.6. The van der Waals surface area contributed by atoms with Gasteiger partial charge < -0.3 is 0 Å². The smallest absolute Gasteiger partial charge is 0.129 e. The molecule has 0 unspecified atom stereocenters. The second-order valence-electron chi connectivity index (χ2n) is 3.81. The Kier molecular flexibility index (Phi) is 8.78. The summed E-state index contributed by atoms with van der Waals surface area (Å²) in [5.74, 6) is 0.490. The molecule has 1 nitrogen and oxygen atoms in total. The van der Waals surface area contributed by atoms with Crippen molar-refractivity contribution in [3.05, 3.63) is 77.7 Å². The Morgan fingerprint density at radius 2 is 1.42 bits per heavy atom. The molecule has 0 atom stereocenters. The molecule has 0 saturated carbocycles. The van der Waals surface area contributed by atoms with E-state index < -0.39 is 0 Å². The van der Waals surface area contributed by atoms with Crippen molar-refractivity contribution in [2.45, 2.75) is 18.7 Å². The zero-order valence-corrected chi connectivity index (χ0v) is 12.2. The Hall–Kier alpha value is -1.31. The first-order chi connectivity index (χ1) is 9.33. The molecule has 0 aliphatic heterocycles. The van der Waals surface area contributed by atoms with E-state index in [1.165, 1.54) is 0 Å². The molecule has 19 heavy (non-hydrogen) atoms. The molecule has 100 valence electrons. The maximum atomic E-state index is 5.51. The second-order valence-corrected chi connectivity index (χ2v) is 4.46. The van der Waals surface area contributed by atoms with E-state index in [0.717, 1.165) is 18.4 Å². The predicted molar refractivity (Wildman–Crippen MR) is 84.6 cm³/mol. The van der Waals surface area contributed by atoms with Crippen molar-refractivity contribution in [1.82, 2.24) is 4.98 Å². The lowest BCUT2D eigenvalue weighted by molar-refractivity contribution is 1.25. The van der Waals surface area contributed by atoms with Gasteiger partial charge in [-0.1, -0.05) is 66.3 Å². The van der Waals surface area contributed by atoms with Gasteiger partial charge in [0.1, 0.15) is 5.15 Å². The van der Waals surface area contributed by atoms with Crippen LogP contribution < -0.4 is 0 Å². The Labute approximate surface area is 125 Å². The Bertz CT molecular complexity index is 414. The quantitative estimate of drug-likeness (QED) is 0.493. The van der Waals surface area contributed by atoms with Gasteiger partial charge in [-0.15, -0.1) is 11.6 Å². The molecule has 0 bridgehead atoms. The van der Waals surface area contributed by atoms with Crippen LogP contribution in [0.15, 0.2) is 66.9 Å². The molecule has 0 saturated heterocycles. The summed E-state index contributed by atoms with van der Waals surface area (Å²) in [6, 6.07) is 3.57. The monoisotopic (exact) mass is 293 g/mol. The summed E-state index contributed by atoms with van der Waals surface area (Å²) in [4.78, 5) is 3.83. The number of alkyl halides is 1. The molecule has 3 rings (SSSR count). The van der Waals surface area contributed by atoms with Crippen LogP contribution in [0.5, 0.6) is 0 Å². The number of hydrogen-bond acceptors (Lipinski definition) is 1. The van der Waals surface area contributed by atoms with Crippen molar-refractivity contribution in [2.75, 3.05) is 0 Å². The van der Waals surface area contributed by atoms with Gasteiger partial charge in [0.25, 0.3) is 0 Å². The van der Waals surface area contributed by atoms with E-state index in [0.29, 0.717) is 11.0 Å². The van der Waals surface area contributed by atoms with Crippen LogP contribution in [0.1, 0.15) is 18.4 Å². The number of aromatic nitrogens is 1. The minimum Gasteiger partial charge on any atom is -0.244 e. The summed E-state index contributed by atoms with van der Waals surface area (Å²) in [6.45, 7) is 0. The van der Waals surface area contributed by atoms with E-state index in [-0.39, 0.29) is 0 Å². The van der Waals surface area contributed by atoms with Crippen LogP contribution in [-0.4, -0.2) is 4.98 Å². The van der Waals surface area contributed by atoms with Crippen molar-refractivity contribution in [3.63, 3.8) is 0 Å². The summed E-state index contributed by atoms with van der Waals surface area (Å²) >= 11 is 11.0. The van der Waals surface area contributed by atoms with Crippen LogP contribution in [0.25, 0.3) is 0 Å². The maximum Gasteiger partial charge on any atom is 0.129 e. The third-order valence-electron chi connectivity index (χ3n) is 2.25. The van der Waals surface area contributed by atoms with Crippen molar-refractivity contribution in [3.8, 4) is 0 Å². The Morgan fingerprint density at radius 3 is 1.68 bits per heavy atom. The molecule has 1 aromatic rings. The van der Waals surface area contributed by atoms with Crippen LogP contribution in [0.2, 0.25) is 5.15 Å². The number of halogens is 2. The fraction of sp³-hybridized carbons (Fsp3) is 0.188. The molecule has 0 aromatic carbocycles. The molecule has 3 heteroatoms. The minimum absolute atomic E-state index is 0.490. The van der Waals surface area contributed by atoms with Gasteiger partial charge in [0.15, 0.2) is 0 Å². The molecule has 0 N–H and O–H groups in total.